The van der Waals surface area contributed by atoms with Crippen LogP contribution in [0, 0.1) is 5.92 Å². The van der Waals surface area contributed by atoms with Gasteiger partial charge in [0.05, 0.1) is 6.10 Å². The van der Waals surface area contributed by atoms with Crippen LogP contribution in [-0.4, -0.2) is 66.1 Å². The number of likely N-dealkylation sites (tertiary alicyclic amines) is 1. The molecule has 2 aliphatic rings. The Labute approximate surface area is 189 Å². The average Bonchev–Trinajstić information content (AvgIpc) is 2.79. The summed E-state index contributed by atoms with van der Waals surface area (Å²) in [6.45, 7) is 3.10. The fraction of sp³-hybridized carbons (Fsp3) is 0.462. The van der Waals surface area contributed by atoms with Gasteiger partial charge in [-0.25, -0.2) is 0 Å². The summed E-state index contributed by atoms with van der Waals surface area (Å²) in [7, 11) is 3.92. The molecule has 4 atom stereocenters. The number of amides is 1. The molecule has 0 radical (unpaired) electrons. The number of aliphatic hydroxyl groups is 1. The number of hydrogen-bond acceptors (Lipinski definition) is 5. The smallest absolute Gasteiger partial charge is 0.308 e. The Bertz CT molecular complexity index is 979. The first-order valence-electron chi connectivity index (χ1n) is 11.3. The SMILES string of the molecule is CC(=O)Oc1cccc(C23CCN(C)CC2C(O)CC(N(C)C(=O)c2ccccc2)C3)c1. The maximum absolute atomic E-state index is 13.2. The van der Waals surface area contributed by atoms with Crippen molar-refractivity contribution >= 4 is 11.9 Å². The topological polar surface area (TPSA) is 70.1 Å². The summed E-state index contributed by atoms with van der Waals surface area (Å²) in [5.74, 6) is 0.185. The highest BCUT2D eigenvalue weighted by molar-refractivity contribution is 5.94. The number of fused-ring (bicyclic) bond motifs is 1. The summed E-state index contributed by atoms with van der Waals surface area (Å²) in [4.78, 5) is 28.7. The molecule has 1 saturated heterocycles. The van der Waals surface area contributed by atoms with E-state index in [0.717, 1.165) is 31.5 Å². The van der Waals surface area contributed by atoms with Gasteiger partial charge in [-0.2, -0.15) is 0 Å². The molecule has 0 aromatic heterocycles. The zero-order valence-corrected chi connectivity index (χ0v) is 19.0. The predicted octanol–water partition coefficient (Wildman–Crippen LogP) is 3.10. The highest BCUT2D eigenvalue weighted by Crippen LogP contribution is 2.50. The molecule has 1 aliphatic heterocycles. The molecule has 4 unspecified atom stereocenters. The lowest BCUT2D eigenvalue weighted by molar-refractivity contribution is -0.131. The Morgan fingerprint density at radius 2 is 1.91 bits per heavy atom. The van der Waals surface area contributed by atoms with Crippen LogP contribution in [-0.2, 0) is 10.2 Å². The molecule has 2 aromatic carbocycles. The van der Waals surface area contributed by atoms with E-state index < -0.39 is 6.10 Å². The van der Waals surface area contributed by atoms with Crippen molar-refractivity contribution in [3.05, 3.63) is 65.7 Å². The molecule has 170 valence electrons. The van der Waals surface area contributed by atoms with Crippen LogP contribution in [0.1, 0.15) is 42.1 Å². The largest absolute Gasteiger partial charge is 0.427 e. The lowest BCUT2D eigenvalue weighted by Gasteiger charge is -2.55. The molecule has 1 amide bonds. The number of ether oxygens (including phenoxy) is 1. The highest BCUT2D eigenvalue weighted by atomic mass is 16.5. The third-order valence-corrected chi connectivity index (χ3v) is 7.30. The van der Waals surface area contributed by atoms with Gasteiger partial charge in [0.1, 0.15) is 5.75 Å². The number of nitrogens with zero attached hydrogens (tertiary/aromatic N) is 2. The molecular formula is C26H32N2O4. The van der Waals surface area contributed by atoms with E-state index in [1.807, 2.05) is 49.5 Å². The van der Waals surface area contributed by atoms with Crippen molar-refractivity contribution in [2.24, 2.45) is 5.92 Å². The Hall–Kier alpha value is -2.70. The molecule has 2 aromatic rings. The second-order valence-corrected chi connectivity index (χ2v) is 9.34. The number of hydrogen-bond donors (Lipinski definition) is 1. The van der Waals surface area contributed by atoms with Gasteiger partial charge in [-0.3, -0.25) is 9.59 Å². The number of carbonyl (C=O) groups excluding carboxylic acids is 2. The molecule has 1 N–H and O–H groups in total. The lowest BCUT2D eigenvalue weighted by atomic mass is 9.57. The molecule has 1 aliphatic carbocycles. The van der Waals surface area contributed by atoms with Gasteiger partial charge in [0.2, 0.25) is 0 Å². The monoisotopic (exact) mass is 436 g/mol. The summed E-state index contributed by atoms with van der Waals surface area (Å²) in [6, 6.07) is 16.9. The maximum Gasteiger partial charge on any atom is 0.308 e. The lowest BCUT2D eigenvalue weighted by Crippen LogP contribution is -2.60. The summed E-state index contributed by atoms with van der Waals surface area (Å²) < 4.78 is 5.36. The van der Waals surface area contributed by atoms with E-state index in [-0.39, 0.29) is 29.3 Å². The Kier molecular flexibility index (Phi) is 6.35. The third-order valence-electron chi connectivity index (χ3n) is 7.30. The van der Waals surface area contributed by atoms with Crippen molar-refractivity contribution in [2.75, 3.05) is 27.2 Å². The van der Waals surface area contributed by atoms with Crippen LogP contribution in [0.25, 0.3) is 0 Å². The molecule has 0 bridgehead atoms. The number of benzene rings is 2. The number of aliphatic hydroxyl groups excluding tert-OH is 1. The van der Waals surface area contributed by atoms with Gasteiger partial charge in [-0.05, 0) is 62.7 Å². The predicted molar refractivity (Wildman–Crippen MR) is 123 cm³/mol. The molecule has 2 fully saturated rings. The minimum absolute atomic E-state index is 0.0296. The molecule has 6 nitrogen and oxygen atoms in total. The van der Waals surface area contributed by atoms with E-state index in [0.29, 0.717) is 17.7 Å². The van der Waals surface area contributed by atoms with Gasteiger partial charge in [-0.1, -0.05) is 30.3 Å². The van der Waals surface area contributed by atoms with E-state index in [4.69, 9.17) is 4.74 Å². The standard InChI is InChI=1S/C26H32N2O4/c1-18(29)32-22-11-7-10-20(14-22)26-12-13-27(2)17-23(26)24(30)15-21(16-26)28(3)25(31)19-8-5-4-6-9-19/h4-11,14,21,23-24,30H,12-13,15-17H2,1-3H3. The van der Waals surface area contributed by atoms with Crippen molar-refractivity contribution < 1.29 is 19.4 Å². The number of rotatable bonds is 4. The molecule has 0 spiro atoms. The minimum Gasteiger partial charge on any atom is -0.427 e. The van der Waals surface area contributed by atoms with Gasteiger partial charge in [0, 0.05) is 43.5 Å². The summed E-state index contributed by atoms with van der Waals surface area (Å²) >= 11 is 0. The first-order valence-corrected chi connectivity index (χ1v) is 11.3. The fourth-order valence-corrected chi connectivity index (χ4v) is 5.62. The van der Waals surface area contributed by atoms with E-state index in [2.05, 4.69) is 18.0 Å². The Morgan fingerprint density at radius 1 is 1.16 bits per heavy atom. The quantitative estimate of drug-likeness (QED) is 0.589. The first-order chi connectivity index (χ1) is 15.3. The second kappa shape index (κ2) is 9.04. The van der Waals surface area contributed by atoms with Crippen LogP contribution >= 0.6 is 0 Å². The van der Waals surface area contributed by atoms with Gasteiger partial charge in [-0.15, -0.1) is 0 Å². The first kappa shape index (κ1) is 22.5. The third kappa shape index (κ3) is 4.30. The molecule has 4 rings (SSSR count). The maximum atomic E-state index is 13.2. The summed E-state index contributed by atoms with van der Waals surface area (Å²) in [5, 5.41) is 11.3. The van der Waals surface area contributed by atoms with Crippen molar-refractivity contribution in [1.29, 1.82) is 0 Å². The van der Waals surface area contributed by atoms with E-state index in [1.54, 1.807) is 11.0 Å². The molecule has 1 saturated carbocycles. The molecule has 32 heavy (non-hydrogen) atoms. The number of carbonyl (C=O) groups is 2. The van der Waals surface area contributed by atoms with Crippen LogP contribution < -0.4 is 4.74 Å². The minimum atomic E-state index is -0.528. The van der Waals surface area contributed by atoms with Crippen LogP contribution in [0.15, 0.2) is 54.6 Å². The van der Waals surface area contributed by atoms with Gasteiger partial charge >= 0.3 is 5.97 Å². The normalized spacial score (nSPS) is 27.9. The molecule has 6 heteroatoms. The number of esters is 1. The highest BCUT2D eigenvalue weighted by Gasteiger charge is 2.52. The van der Waals surface area contributed by atoms with Crippen LogP contribution in [0.5, 0.6) is 5.75 Å². The van der Waals surface area contributed by atoms with E-state index >= 15 is 0 Å². The molecular weight excluding hydrogens is 404 g/mol. The van der Waals surface area contributed by atoms with Crippen molar-refractivity contribution in [2.45, 2.75) is 43.7 Å². The van der Waals surface area contributed by atoms with Crippen LogP contribution in [0.3, 0.4) is 0 Å². The van der Waals surface area contributed by atoms with E-state index in [1.165, 1.54) is 6.92 Å². The summed E-state index contributed by atoms with van der Waals surface area (Å²) in [5.41, 5.74) is 1.43. The van der Waals surface area contributed by atoms with Crippen molar-refractivity contribution in [1.82, 2.24) is 9.80 Å². The number of piperidine rings is 1. The second-order valence-electron chi connectivity index (χ2n) is 9.34. The Balaban J connectivity index is 1.69. The molecule has 1 heterocycles. The Morgan fingerprint density at radius 3 is 2.62 bits per heavy atom. The average molecular weight is 437 g/mol. The zero-order chi connectivity index (χ0) is 22.9. The van der Waals surface area contributed by atoms with Crippen molar-refractivity contribution in [3.63, 3.8) is 0 Å². The van der Waals surface area contributed by atoms with E-state index in [9.17, 15) is 14.7 Å². The van der Waals surface area contributed by atoms with Crippen molar-refractivity contribution in [3.8, 4) is 5.75 Å². The van der Waals surface area contributed by atoms with Gasteiger partial charge in [0.15, 0.2) is 0 Å². The van der Waals surface area contributed by atoms with Crippen LogP contribution in [0.4, 0.5) is 0 Å². The fourth-order valence-electron chi connectivity index (χ4n) is 5.62. The van der Waals surface area contributed by atoms with Gasteiger partial charge < -0.3 is 19.6 Å². The zero-order valence-electron chi connectivity index (χ0n) is 19.0. The van der Waals surface area contributed by atoms with Crippen LogP contribution in [0.2, 0.25) is 0 Å². The summed E-state index contributed by atoms with van der Waals surface area (Å²) in [6.07, 6.45) is 1.67. The van der Waals surface area contributed by atoms with Gasteiger partial charge in [0.25, 0.3) is 5.91 Å².